The van der Waals surface area contributed by atoms with Crippen LogP contribution in [-0.2, 0) is 62.1 Å². The number of carbonyl (C=O) groups is 9. The van der Waals surface area contributed by atoms with Gasteiger partial charge in [-0.05, 0) is 32.6 Å². The Morgan fingerprint density at radius 1 is 0.493 bits per heavy atom. The second-order valence-electron chi connectivity index (χ2n) is 14.5. The normalized spacial score (nSPS) is 11.1. The SMILES string of the molecule is CC.CC=O.NS.O=C(O)CCCCCCCCCCCCCCCCC(=O)N[C@@H](CCC(=O)NCCOCCOCC(=O)NCCOCCOCC(=O)NC(CCC(=O)O)C(=O)S)C(=O)O. The molecule has 0 bridgehead atoms. The maximum Gasteiger partial charge on any atom is 0.326 e. The average Bonchev–Trinajstić information content (AvgIpc) is 3.29. The Balaban J connectivity index is -0.00000267. The molecule has 0 fully saturated rings. The van der Waals surface area contributed by atoms with Gasteiger partial charge in [0.2, 0.25) is 28.7 Å². The number of aliphatic carboxylic acids is 3. The number of hydrogen-bond donors (Lipinski definition) is 10. The largest absolute Gasteiger partial charge is 0.481 e. The fourth-order valence-electron chi connectivity index (χ4n) is 5.68. The third-order valence-corrected chi connectivity index (χ3v) is 9.28. The molecule has 0 aliphatic carbocycles. The van der Waals surface area contributed by atoms with Gasteiger partial charge in [0.25, 0.3) is 0 Å². The monoisotopic (exact) mass is 1000 g/mol. The molecule has 9 N–H and O–H groups in total. The van der Waals surface area contributed by atoms with Gasteiger partial charge in [-0.2, -0.15) is 0 Å². The first-order valence-electron chi connectivity index (χ1n) is 23.2. The number of carboxylic acids is 3. The van der Waals surface area contributed by atoms with Gasteiger partial charge in [0.15, 0.2) is 0 Å². The summed E-state index contributed by atoms with van der Waals surface area (Å²) in [5.41, 5.74) is 0. The maximum absolute atomic E-state index is 12.3. The van der Waals surface area contributed by atoms with E-state index in [-0.39, 0.29) is 122 Å². The molecule has 0 aromatic carbocycles. The lowest BCUT2D eigenvalue weighted by molar-refractivity contribution is -0.142. The Bertz CT molecular complexity index is 1300. The van der Waals surface area contributed by atoms with E-state index in [1.807, 2.05) is 13.8 Å². The molecule has 0 rings (SSSR count). The van der Waals surface area contributed by atoms with Gasteiger partial charge in [-0.1, -0.05) is 90.9 Å². The van der Waals surface area contributed by atoms with Crippen molar-refractivity contribution in [2.24, 2.45) is 5.14 Å². The van der Waals surface area contributed by atoms with Crippen molar-refractivity contribution < 1.29 is 77.4 Å². The number of ether oxygens (including phenoxy) is 4. The van der Waals surface area contributed by atoms with E-state index in [1.165, 1.54) is 45.4 Å². The summed E-state index contributed by atoms with van der Waals surface area (Å²) in [5, 5.41) is 40.5. The first-order valence-corrected chi connectivity index (χ1v) is 24.2. The highest BCUT2D eigenvalue weighted by molar-refractivity contribution is 7.96. The van der Waals surface area contributed by atoms with Crippen molar-refractivity contribution in [1.29, 1.82) is 0 Å². The van der Waals surface area contributed by atoms with Crippen molar-refractivity contribution in [2.75, 3.05) is 65.9 Å². The number of rotatable bonds is 43. The maximum atomic E-state index is 12.3. The van der Waals surface area contributed by atoms with E-state index in [9.17, 15) is 43.5 Å². The molecule has 0 aromatic heterocycles. The van der Waals surface area contributed by atoms with E-state index in [0.717, 1.165) is 51.2 Å². The van der Waals surface area contributed by atoms with Crippen LogP contribution in [0.3, 0.4) is 0 Å². The Hall–Kier alpha value is -3.87. The summed E-state index contributed by atoms with van der Waals surface area (Å²) in [6, 6.07) is -2.18. The number of thiol groups is 2. The fourth-order valence-corrected chi connectivity index (χ4v) is 5.87. The molecule has 0 spiro atoms. The Labute approximate surface area is 408 Å². The molecule has 0 saturated heterocycles. The van der Waals surface area contributed by atoms with Gasteiger partial charge in [-0.3, -0.25) is 38.7 Å². The topological polar surface area (TPSA) is 325 Å². The lowest BCUT2D eigenvalue weighted by Crippen LogP contribution is -2.41. The van der Waals surface area contributed by atoms with Gasteiger partial charge in [0.1, 0.15) is 25.5 Å². The van der Waals surface area contributed by atoms with Crippen molar-refractivity contribution >= 4 is 78.4 Å². The molecule has 23 heteroatoms. The minimum absolute atomic E-state index is 0.0423. The summed E-state index contributed by atoms with van der Waals surface area (Å²) in [6.45, 7) is 6.15. The molecule has 392 valence electrons. The van der Waals surface area contributed by atoms with E-state index in [2.05, 4.69) is 51.8 Å². The number of aldehydes is 1. The number of unbranched alkanes of at least 4 members (excludes halogenated alkanes) is 13. The van der Waals surface area contributed by atoms with E-state index in [0.29, 0.717) is 6.42 Å². The molecule has 2 atom stereocenters. The average molecular weight is 1000 g/mol. The van der Waals surface area contributed by atoms with Crippen LogP contribution in [0.5, 0.6) is 0 Å². The molecule has 0 heterocycles. The molecule has 0 saturated carbocycles. The lowest BCUT2D eigenvalue weighted by Gasteiger charge is -2.14. The quantitative estimate of drug-likeness (QED) is 0.0236. The van der Waals surface area contributed by atoms with Crippen molar-refractivity contribution in [3.8, 4) is 0 Å². The van der Waals surface area contributed by atoms with Gasteiger partial charge in [-0.25, -0.2) is 4.79 Å². The van der Waals surface area contributed by atoms with Crippen LogP contribution >= 0.6 is 25.4 Å². The Morgan fingerprint density at radius 2 is 0.851 bits per heavy atom. The van der Waals surface area contributed by atoms with Crippen molar-refractivity contribution in [1.82, 2.24) is 21.3 Å². The van der Waals surface area contributed by atoms with Crippen LogP contribution in [0, 0.1) is 0 Å². The predicted octanol–water partition coefficient (Wildman–Crippen LogP) is 3.79. The van der Waals surface area contributed by atoms with Crippen LogP contribution in [0.4, 0.5) is 0 Å². The molecule has 4 amide bonds. The van der Waals surface area contributed by atoms with Gasteiger partial charge in [0.05, 0.1) is 45.7 Å². The molecule has 21 nitrogen and oxygen atoms in total. The third kappa shape index (κ3) is 56.4. The van der Waals surface area contributed by atoms with E-state index in [4.69, 9.17) is 34.0 Å². The summed E-state index contributed by atoms with van der Waals surface area (Å²) in [5.74, 6) is -4.70. The third-order valence-electron chi connectivity index (χ3n) is 8.97. The number of amides is 4. The molecular weight excluding hydrogens is 919 g/mol. The van der Waals surface area contributed by atoms with E-state index >= 15 is 0 Å². The van der Waals surface area contributed by atoms with Gasteiger partial charge >= 0.3 is 17.9 Å². The highest BCUT2D eigenvalue weighted by Gasteiger charge is 2.21. The second kappa shape index (κ2) is 54.7. The van der Waals surface area contributed by atoms with E-state index < -0.39 is 41.0 Å². The highest BCUT2D eigenvalue weighted by atomic mass is 32.1. The van der Waals surface area contributed by atoms with E-state index in [1.54, 1.807) is 0 Å². The van der Waals surface area contributed by atoms with Crippen LogP contribution < -0.4 is 26.4 Å². The standard InChI is InChI=1S/C40H70N4O15S.C2H4O.C2H6.H3NS/c45-33(19-17-31(39(53)54)43-34(46)15-13-11-9-7-5-3-1-2-4-6-8-10-12-14-16-37(49)50)41-21-23-56-25-27-58-29-35(47)42-22-24-57-26-28-59-30-36(48)44-32(40(55)60)18-20-38(51)52;1-2-3;2*1-2/h31-32H,1-30H2,(H,41,45)(H,42,47)(H,43,46)(H,44,48)(H,49,50)(H,51,52)(H,53,54)(H,55,60);2H,1H3;1-2H3;2H,1H2/t31-,32?;;;/m0.../s1. The molecular formula is C44H83N5O16S2. The smallest absolute Gasteiger partial charge is 0.326 e. The first kappa shape index (κ1) is 69.7. The molecule has 67 heavy (non-hydrogen) atoms. The van der Waals surface area contributed by atoms with Gasteiger partial charge in [-0.15, -0.1) is 25.4 Å². The number of nitrogens with two attached hydrogens (primary N) is 1. The first-order chi connectivity index (χ1) is 32.2. The second-order valence-corrected chi connectivity index (χ2v) is 14.9. The molecule has 0 aliphatic rings. The molecule has 1 unspecified atom stereocenters. The number of nitrogens with one attached hydrogen (secondary N) is 4. The minimum atomic E-state index is -1.20. The number of hydrogen-bond acceptors (Lipinski definition) is 15. The van der Waals surface area contributed by atoms with Crippen LogP contribution in [0.25, 0.3) is 0 Å². The van der Waals surface area contributed by atoms with Gasteiger partial charge in [0, 0.05) is 38.8 Å². The fraction of sp³-hybridized carbons (Fsp3) is 0.795. The highest BCUT2D eigenvalue weighted by Crippen LogP contribution is 2.14. The van der Waals surface area contributed by atoms with Crippen LogP contribution in [-0.4, -0.2) is 146 Å². The summed E-state index contributed by atoms with van der Waals surface area (Å²) in [6.07, 6.45) is 15.7. The molecule has 0 aromatic rings. The zero-order valence-corrected chi connectivity index (χ0v) is 41.9. The molecule has 0 radical (unpaired) electrons. The minimum Gasteiger partial charge on any atom is -0.481 e. The summed E-state index contributed by atoms with van der Waals surface area (Å²) in [7, 11) is 0. The number of carboxylic acid groups (broad SMARTS) is 3. The van der Waals surface area contributed by atoms with Crippen LogP contribution in [0.1, 0.15) is 149 Å². The summed E-state index contributed by atoms with van der Waals surface area (Å²) < 4.78 is 21.1. The zero-order valence-electron chi connectivity index (χ0n) is 40.1. The van der Waals surface area contributed by atoms with Crippen molar-refractivity contribution in [3.05, 3.63) is 0 Å². The number of carbonyl (C=O) groups excluding carboxylic acids is 6. The predicted molar refractivity (Wildman–Crippen MR) is 259 cm³/mol. The summed E-state index contributed by atoms with van der Waals surface area (Å²) >= 11 is 6.67. The Morgan fingerprint density at radius 3 is 1.27 bits per heavy atom. The zero-order chi connectivity index (χ0) is 51.4. The van der Waals surface area contributed by atoms with Gasteiger partial charge < -0.3 is 60.3 Å². The lowest BCUT2D eigenvalue weighted by atomic mass is 10.0. The molecule has 0 aliphatic heterocycles. The van der Waals surface area contributed by atoms with Crippen molar-refractivity contribution in [2.45, 2.75) is 161 Å². The van der Waals surface area contributed by atoms with Crippen LogP contribution in [0.15, 0.2) is 0 Å². The Kier molecular flexibility index (Phi) is 56.9. The van der Waals surface area contributed by atoms with Crippen molar-refractivity contribution in [3.63, 3.8) is 0 Å². The van der Waals surface area contributed by atoms with Crippen LogP contribution in [0.2, 0.25) is 0 Å². The summed E-state index contributed by atoms with van der Waals surface area (Å²) in [4.78, 5) is 101.